The normalized spacial score (nSPS) is 11.0. The van der Waals surface area contributed by atoms with Gasteiger partial charge in [-0.25, -0.2) is 0 Å². The second-order valence-electron chi connectivity index (χ2n) is 2.48. The highest BCUT2D eigenvalue weighted by Crippen LogP contribution is 1.80. The summed E-state index contributed by atoms with van der Waals surface area (Å²) in [6.45, 7) is 4.42. The molecule has 1 atom stereocenters. The molecule has 0 aromatic heterocycles. The molecule has 72 valence electrons. The minimum Gasteiger partial charge on any atom is -0.480 e. The highest BCUT2D eigenvalue weighted by molar-refractivity contribution is 7.80. The summed E-state index contributed by atoms with van der Waals surface area (Å²) >= 11 is 3.65. The number of aliphatic carboxylic acids is 1. The van der Waals surface area contributed by atoms with Gasteiger partial charge in [0.1, 0.15) is 13.3 Å². The van der Waals surface area contributed by atoms with E-state index in [0.29, 0.717) is 0 Å². The number of rotatable bonds is 4. The van der Waals surface area contributed by atoms with E-state index in [1.807, 2.05) is 0 Å². The van der Waals surface area contributed by atoms with Gasteiger partial charge in [-0.2, -0.15) is 12.6 Å². The molecule has 0 saturated heterocycles. The van der Waals surface area contributed by atoms with Crippen LogP contribution in [0.25, 0.3) is 0 Å². The molecule has 0 heterocycles. The average molecular weight is 191 g/mol. The predicted molar refractivity (Wildman–Crippen MR) is 57.6 cm³/mol. The molecule has 12 heavy (non-hydrogen) atoms. The molecule has 0 rings (SSSR count). The van der Waals surface area contributed by atoms with Gasteiger partial charge in [0.05, 0.1) is 0 Å². The van der Waals surface area contributed by atoms with Gasteiger partial charge in [0.25, 0.3) is 0 Å². The summed E-state index contributed by atoms with van der Waals surface area (Å²) in [6.07, 6.45) is 2.69. The lowest BCUT2D eigenvalue weighted by Gasteiger charge is -1.96. The highest BCUT2D eigenvalue weighted by Gasteiger charge is 2.06. The van der Waals surface area contributed by atoms with Crippen molar-refractivity contribution in [1.82, 2.24) is 0 Å². The van der Waals surface area contributed by atoms with Crippen LogP contribution in [-0.2, 0) is 4.79 Å². The number of hydrogen-bond donors (Lipinski definition) is 3. The Labute approximate surface area is 80.4 Å². The molecule has 0 aliphatic rings. The van der Waals surface area contributed by atoms with Crippen molar-refractivity contribution in [2.75, 3.05) is 5.75 Å². The molecule has 0 spiro atoms. The first kappa shape index (κ1) is 14.4. The highest BCUT2D eigenvalue weighted by atomic mass is 32.1. The van der Waals surface area contributed by atoms with E-state index in [-0.39, 0.29) is 5.75 Å². The van der Waals surface area contributed by atoms with Gasteiger partial charge in [-0.15, -0.1) is 0 Å². The summed E-state index contributed by atoms with van der Waals surface area (Å²) in [7, 11) is 1.39. The van der Waals surface area contributed by atoms with Crippen molar-refractivity contribution in [3.05, 3.63) is 0 Å². The second kappa shape index (κ2) is 10.8. The molecule has 0 aliphatic heterocycles. The van der Waals surface area contributed by atoms with Crippen molar-refractivity contribution < 1.29 is 9.90 Å². The molecule has 5 heteroatoms. The van der Waals surface area contributed by atoms with Gasteiger partial charge < -0.3 is 10.8 Å². The van der Waals surface area contributed by atoms with E-state index >= 15 is 0 Å². The Morgan fingerprint density at radius 3 is 2.00 bits per heavy atom. The van der Waals surface area contributed by atoms with Crippen LogP contribution < -0.4 is 5.73 Å². The van der Waals surface area contributed by atoms with Gasteiger partial charge in [0.2, 0.25) is 0 Å². The van der Waals surface area contributed by atoms with E-state index in [0.717, 1.165) is 0 Å². The second-order valence-corrected chi connectivity index (χ2v) is 2.85. The molecule has 0 saturated carbocycles. The van der Waals surface area contributed by atoms with Crippen molar-refractivity contribution in [3.63, 3.8) is 0 Å². The van der Waals surface area contributed by atoms with Crippen LogP contribution in [0.5, 0.6) is 0 Å². The molecule has 3 nitrogen and oxygen atoms in total. The fourth-order valence-corrected chi connectivity index (χ4v) is 0.588. The molecular formula is C7H18BNO2S. The molecule has 0 aromatic carbocycles. The Kier molecular flexibility index (Phi) is 13.0. The third-order valence-corrected chi connectivity index (χ3v) is 1.61. The minimum atomic E-state index is -1.00. The quantitative estimate of drug-likeness (QED) is 0.451. The monoisotopic (exact) mass is 191 g/mol. The Hall–Kier alpha value is -0.155. The van der Waals surface area contributed by atoms with Crippen LogP contribution in [0, 0.1) is 0 Å². The molecular weight excluding hydrogens is 173 g/mol. The van der Waals surface area contributed by atoms with Crippen molar-refractivity contribution >= 4 is 25.9 Å². The van der Waals surface area contributed by atoms with Crippen molar-refractivity contribution in [1.29, 1.82) is 0 Å². The number of carbonyl (C=O) groups is 1. The van der Waals surface area contributed by atoms with Crippen molar-refractivity contribution in [2.45, 2.75) is 32.5 Å². The van der Waals surface area contributed by atoms with E-state index in [4.69, 9.17) is 10.8 Å². The van der Waals surface area contributed by atoms with Gasteiger partial charge in [0.15, 0.2) is 0 Å². The fraction of sp³-hybridized carbons (Fsp3) is 0.857. The zero-order chi connectivity index (χ0) is 9.98. The van der Waals surface area contributed by atoms with E-state index in [9.17, 15) is 4.79 Å². The van der Waals surface area contributed by atoms with Crippen LogP contribution in [-0.4, -0.2) is 30.2 Å². The molecule has 0 radical (unpaired) electrons. The summed E-state index contributed by atoms with van der Waals surface area (Å²) in [5, 5.41) is 8.01. The van der Waals surface area contributed by atoms with Crippen LogP contribution in [0.15, 0.2) is 0 Å². The van der Waals surface area contributed by atoms with Crippen LogP contribution in [0.3, 0.4) is 0 Å². The van der Waals surface area contributed by atoms with Crippen molar-refractivity contribution in [2.24, 2.45) is 5.73 Å². The van der Waals surface area contributed by atoms with Gasteiger partial charge >= 0.3 is 5.97 Å². The van der Waals surface area contributed by atoms with Crippen LogP contribution in [0.1, 0.15) is 13.8 Å². The summed E-state index contributed by atoms with van der Waals surface area (Å²) in [5.74, 6) is -0.815. The maximum absolute atomic E-state index is 9.76. The van der Waals surface area contributed by atoms with Gasteiger partial charge in [0, 0.05) is 5.75 Å². The van der Waals surface area contributed by atoms with E-state index in [2.05, 4.69) is 26.5 Å². The van der Waals surface area contributed by atoms with Crippen LogP contribution in [0.2, 0.25) is 12.6 Å². The number of nitrogens with two attached hydrogens (primary N) is 1. The third kappa shape index (κ3) is 12.5. The zero-order valence-electron chi connectivity index (χ0n) is 7.79. The third-order valence-electron chi connectivity index (χ3n) is 1.22. The van der Waals surface area contributed by atoms with E-state index in [1.165, 1.54) is 19.9 Å². The number of hydrogen-bond acceptors (Lipinski definition) is 3. The SMILES string of the molecule is CCBCC.NC(CS)C(=O)O. The lowest BCUT2D eigenvalue weighted by Crippen LogP contribution is -2.31. The summed E-state index contributed by atoms with van der Waals surface area (Å²) in [6, 6.07) is -0.816. The molecule has 0 bridgehead atoms. The Morgan fingerprint density at radius 2 is 2.00 bits per heavy atom. The smallest absolute Gasteiger partial charge is 0.321 e. The summed E-state index contributed by atoms with van der Waals surface area (Å²) in [4.78, 5) is 9.76. The van der Waals surface area contributed by atoms with Crippen LogP contribution in [0.4, 0.5) is 0 Å². The first-order chi connectivity index (χ1) is 5.59. The van der Waals surface area contributed by atoms with Gasteiger partial charge in [-0.1, -0.05) is 26.5 Å². The Morgan fingerprint density at radius 1 is 1.58 bits per heavy atom. The van der Waals surface area contributed by atoms with Crippen LogP contribution >= 0.6 is 12.6 Å². The predicted octanol–water partition coefficient (Wildman–Crippen LogP) is 0.627. The summed E-state index contributed by atoms with van der Waals surface area (Å²) in [5.41, 5.74) is 4.94. The van der Waals surface area contributed by atoms with Gasteiger partial charge in [-0.3, -0.25) is 4.79 Å². The maximum atomic E-state index is 9.76. The molecule has 0 fully saturated rings. The average Bonchev–Trinajstić information content (AvgIpc) is 2.05. The summed E-state index contributed by atoms with van der Waals surface area (Å²) < 4.78 is 0. The zero-order valence-corrected chi connectivity index (χ0v) is 8.68. The first-order valence-corrected chi connectivity index (χ1v) is 4.82. The Balaban J connectivity index is 0. The van der Waals surface area contributed by atoms with Gasteiger partial charge in [-0.05, 0) is 0 Å². The maximum Gasteiger partial charge on any atom is 0.321 e. The molecule has 3 N–H and O–H groups in total. The topological polar surface area (TPSA) is 63.3 Å². The lowest BCUT2D eigenvalue weighted by atomic mass is 9.73. The molecule has 0 amide bonds. The van der Waals surface area contributed by atoms with E-state index < -0.39 is 12.0 Å². The minimum absolute atomic E-state index is 0.190. The molecule has 1 unspecified atom stereocenters. The Bertz CT molecular complexity index is 112. The lowest BCUT2D eigenvalue weighted by molar-refractivity contribution is -0.137. The van der Waals surface area contributed by atoms with E-state index in [1.54, 1.807) is 0 Å². The first-order valence-electron chi connectivity index (χ1n) is 4.19. The number of carboxylic acids is 1. The molecule has 0 aromatic rings. The standard InChI is InChI=1S/C4H11B.C3H7NO2S/c1-3-5-4-2;4-2(1-7)3(5)6/h5H,3-4H2,1-2H3;2,7H,1,4H2,(H,5,6). The number of carboxylic acid groups (broad SMARTS) is 1. The largest absolute Gasteiger partial charge is 0.480 e. The fourth-order valence-electron chi connectivity index (χ4n) is 0.432. The number of thiol groups is 1. The molecule has 0 aliphatic carbocycles. The van der Waals surface area contributed by atoms with Crippen molar-refractivity contribution in [3.8, 4) is 0 Å².